The molecule has 0 spiro atoms. The molecule has 1 aliphatic rings. The summed E-state index contributed by atoms with van der Waals surface area (Å²) in [5.41, 5.74) is 0. The van der Waals surface area contributed by atoms with E-state index >= 15 is 0 Å². The summed E-state index contributed by atoms with van der Waals surface area (Å²) < 4.78 is 0. The van der Waals surface area contributed by atoms with Crippen molar-refractivity contribution in [1.29, 1.82) is 0 Å². The molecule has 1 rings (SSSR count). The third-order valence-corrected chi connectivity index (χ3v) is 3.48. The fraction of sp³-hybridized carbons (Fsp3) is 0.571. The van der Waals surface area contributed by atoms with E-state index < -0.39 is 0 Å². The SMILES string of the molecule is O=C1CSSCC(=O)NC[CH-]CN1.[B].[Y]. The van der Waals surface area contributed by atoms with Gasteiger partial charge in [-0.15, -0.1) is 13.1 Å². The summed E-state index contributed by atoms with van der Waals surface area (Å²) in [5, 5.41) is 5.43. The van der Waals surface area contributed by atoms with Crippen LogP contribution in [-0.2, 0) is 42.3 Å². The maximum absolute atomic E-state index is 11.0. The summed E-state index contributed by atoms with van der Waals surface area (Å²) in [6.45, 7) is 1.04. The average molecular weight is 319 g/mol. The third kappa shape index (κ3) is 9.72. The third-order valence-electron chi connectivity index (χ3n) is 1.35. The van der Waals surface area contributed by atoms with Gasteiger partial charge in [-0.1, -0.05) is 21.6 Å². The molecule has 0 unspecified atom stereocenters. The van der Waals surface area contributed by atoms with E-state index in [1.54, 1.807) is 0 Å². The molecule has 15 heavy (non-hydrogen) atoms. The van der Waals surface area contributed by atoms with Gasteiger partial charge in [-0.3, -0.25) is 16.0 Å². The molecule has 1 heterocycles. The Morgan fingerprint density at radius 1 is 1.00 bits per heavy atom. The van der Waals surface area contributed by atoms with E-state index in [1.807, 2.05) is 6.42 Å². The number of hydrogen-bond donors (Lipinski definition) is 2. The molecule has 0 saturated carbocycles. The maximum Gasteiger partial charge on any atom is 0.228 e. The Morgan fingerprint density at radius 2 is 1.40 bits per heavy atom. The van der Waals surface area contributed by atoms with Crippen molar-refractivity contribution in [2.75, 3.05) is 24.6 Å². The first-order valence-corrected chi connectivity index (χ1v) is 6.37. The van der Waals surface area contributed by atoms with Crippen molar-refractivity contribution < 1.29 is 42.3 Å². The second-order valence-corrected chi connectivity index (χ2v) is 4.88. The van der Waals surface area contributed by atoms with Gasteiger partial charge in [0.1, 0.15) is 0 Å². The van der Waals surface area contributed by atoms with Crippen molar-refractivity contribution in [3.8, 4) is 0 Å². The fourth-order valence-corrected chi connectivity index (χ4v) is 2.46. The minimum absolute atomic E-state index is 0. The van der Waals surface area contributed by atoms with Gasteiger partial charge in [0.05, 0.1) is 11.5 Å². The zero-order valence-electron chi connectivity index (χ0n) is 8.19. The van der Waals surface area contributed by atoms with Crippen LogP contribution in [0.5, 0.6) is 0 Å². The van der Waals surface area contributed by atoms with Gasteiger partial charge in [0, 0.05) is 41.1 Å². The van der Waals surface area contributed by atoms with E-state index in [2.05, 4.69) is 10.6 Å². The Balaban J connectivity index is 0. The van der Waals surface area contributed by atoms with Gasteiger partial charge in [0.25, 0.3) is 0 Å². The molecule has 2 N–H and O–H groups in total. The first-order valence-electron chi connectivity index (χ1n) is 3.88. The molecule has 0 aromatic heterocycles. The number of hydrogen-bond acceptors (Lipinski definition) is 4. The first kappa shape index (κ1) is 18.2. The van der Waals surface area contributed by atoms with Crippen LogP contribution < -0.4 is 10.6 Å². The summed E-state index contributed by atoms with van der Waals surface area (Å²) in [6, 6.07) is 0. The van der Waals surface area contributed by atoms with Crippen molar-refractivity contribution in [3.05, 3.63) is 6.42 Å². The summed E-state index contributed by atoms with van der Waals surface area (Å²) >= 11 is 0. The predicted molar refractivity (Wildman–Crippen MR) is 61.0 cm³/mol. The summed E-state index contributed by atoms with van der Waals surface area (Å²) in [7, 11) is 2.81. The van der Waals surface area contributed by atoms with Gasteiger partial charge < -0.3 is 10.6 Å². The number of amides is 2. The van der Waals surface area contributed by atoms with Crippen LogP contribution in [0.15, 0.2) is 0 Å². The van der Waals surface area contributed by atoms with Crippen molar-refractivity contribution >= 4 is 41.8 Å². The van der Waals surface area contributed by atoms with E-state index in [9.17, 15) is 9.59 Å². The average Bonchev–Trinajstić information content (AvgIpc) is 2.14. The van der Waals surface area contributed by atoms with Gasteiger partial charge >= 0.3 is 0 Å². The van der Waals surface area contributed by atoms with Crippen LogP contribution >= 0.6 is 21.6 Å². The minimum Gasteiger partial charge on any atom is -0.385 e. The quantitative estimate of drug-likeness (QED) is 0.357. The number of rotatable bonds is 0. The van der Waals surface area contributed by atoms with Crippen LogP contribution in [-0.4, -0.2) is 44.8 Å². The molecule has 0 aromatic carbocycles. The van der Waals surface area contributed by atoms with Crippen molar-refractivity contribution in [3.63, 3.8) is 0 Å². The smallest absolute Gasteiger partial charge is 0.228 e. The Hall–Kier alpha value is 0.809. The zero-order chi connectivity index (χ0) is 9.52. The summed E-state index contributed by atoms with van der Waals surface area (Å²) in [4.78, 5) is 22.0. The van der Waals surface area contributed by atoms with Gasteiger partial charge in [-0.05, 0) is 0 Å². The van der Waals surface area contributed by atoms with Crippen LogP contribution in [0.25, 0.3) is 0 Å². The standard InChI is InChI=1S/C7H11N2O2S2.B.Y/c10-6-4-12-13-5-7(11)9-3-1-2-8-6;;/h1H,2-5H2,(H,8,10)(H,9,11);;/q-1;;. The molecule has 0 bridgehead atoms. The van der Waals surface area contributed by atoms with Gasteiger partial charge in [-0.2, -0.15) is 0 Å². The molecular weight excluding hydrogens is 308 g/mol. The molecule has 1 aliphatic heterocycles. The number of carbonyl (C=O) groups is 2. The molecule has 4 radical (unpaired) electrons. The largest absolute Gasteiger partial charge is 0.385 e. The van der Waals surface area contributed by atoms with Gasteiger partial charge in [-0.25, -0.2) is 0 Å². The van der Waals surface area contributed by atoms with E-state index in [1.165, 1.54) is 21.6 Å². The van der Waals surface area contributed by atoms with Crippen molar-refractivity contribution in [2.24, 2.45) is 0 Å². The molecule has 0 aromatic rings. The molecule has 0 atom stereocenters. The fourth-order valence-electron chi connectivity index (χ4n) is 0.737. The molecule has 1 fully saturated rings. The Morgan fingerprint density at radius 3 is 1.80 bits per heavy atom. The van der Waals surface area contributed by atoms with Crippen LogP contribution in [0.4, 0.5) is 0 Å². The topological polar surface area (TPSA) is 58.2 Å². The molecular formula is C7H11BN2O2S2Y-. The van der Waals surface area contributed by atoms with Crippen LogP contribution in [0.1, 0.15) is 0 Å². The van der Waals surface area contributed by atoms with Gasteiger partial charge in [0.15, 0.2) is 0 Å². The summed E-state index contributed by atoms with van der Waals surface area (Å²) in [5.74, 6) is 0.851. The van der Waals surface area contributed by atoms with E-state index in [0.717, 1.165) is 0 Å². The Kier molecular flexibility index (Phi) is 13.7. The minimum atomic E-state index is 0. The molecule has 1 saturated heterocycles. The first-order chi connectivity index (χ1) is 6.29. The van der Waals surface area contributed by atoms with Crippen molar-refractivity contribution in [1.82, 2.24) is 10.6 Å². The number of nitrogens with one attached hydrogen (secondary N) is 2. The molecule has 80 valence electrons. The van der Waals surface area contributed by atoms with Crippen LogP contribution in [0.3, 0.4) is 0 Å². The van der Waals surface area contributed by atoms with Crippen molar-refractivity contribution in [2.45, 2.75) is 0 Å². The molecule has 4 nitrogen and oxygen atoms in total. The molecule has 0 aliphatic carbocycles. The monoisotopic (exact) mass is 319 g/mol. The number of carbonyl (C=O) groups excluding carboxylic acids is 2. The normalized spacial score (nSPS) is 18.4. The van der Waals surface area contributed by atoms with E-state index in [-0.39, 0.29) is 52.9 Å². The summed E-state index contributed by atoms with van der Waals surface area (Å²) in [6.07, 6.45) is 1.83. The second kappa shape index (κ2) is 11.3. The molecule has 2 amide bonds. The van der Waals surface area contributed by atoms with Crippen LogP contribution in [0.2, 0.25) is 0 Å². The van der Waals surface area contributed by atoms with E-state index in [0.29, 0.717) is 24.6 Å². The maximum atomic E-state index is 11.0. The Labute approximate surface area is 125 Å². The van der Waals surface area contributed by atoms with E-state index in [4.69, 9.17) is 0 Å². The second-order valence-electron chi connectivity index (χ2n) is 2.42. The predicted octanol–water partition coefficient (Wildman–Crippen LogP) is -0.565. The molecule has 8 heteroatoms. The van der Waals surface area contributed by atoms with Crippen LogP contribution in [0, 0.1) is 6.42 Å². The zero-order valence-corrected chi connectivity index (χ0v) is 12.7. The van der Waals surface area contributed by atoms with Gasteiger partial charge in [0.2, 0.25) is 11.8 Å². The Bertz CT molecular complexity index is 189.